The fourth-order valence-electron chi connectivity index (χ4n) is 4.54. The van der Waals surface area contributed by atoms with Gasteiger partial charge >= 0.3 is 0 Å². The third-order valence-corrected chi connectivity index (χ3v) is 6.38. The fraction of sp³-hybridized carbons (Fsp3) is 0.409. The van der Waals surface area contributed by atoms with E-state index in [-0.39, 0.29) is 23.8 Å². The summed E-state index contributed by atoms with van der Waals surface area (Å²) in [4.78, 5) is 35.2. The number of rotatable bonds is 5. The smallest absolute Gasteiger partial charge is 0.245 e. The van der Waals surface area contributed by atoms with Crippen LogP contribution in [0.4, 0.5) is 5.82 Å². The number of piperidine rings is 1. The summed E-state index contributed by atoms with van der Waals surface area (Å²) in [6.07, 6.45) is 8.19. The third kappa shape index (κ3) is 4.04. The van der Waals surface area contributed by atoms with Crippen LogP contribution in [0.25, 0.3) is 5.65 Å². The van der Waals surface area contributed by atoms with Gasteiger partial charge in [0.15, 0.2) is 5.65 Å². The largest absolute Gasteiger partial charge is 0.366 e. The molecule has 2 aliphatic heterocycles. The number of carbonyl (C=O) groups excluding carboxylic acids is 2. The minimum absolute atomic E-state index is 0.0294. The van der Waals surface area contributed by atoms with Crippen molar-refractivity contribution < 1.29 is 9.59 Å². The summed E-state index contributed by atoms with van der Waals surface area (Å²) in [5.74, 6) is 1.19. The number of anilines is 1. The van der Waals surface area contributed by atoms with Gasteiger partial charge in [0.2, 0.25) is 11.8 Å². The third-order valence-electron chi connectivity index (χ3n) is 6.38. The Kier molecular flexibility index (Phi) is 5.51. The highest BCUT2D eigenvalue weighted by molar-refractivity contribution is 6.36. The molecule has 5 rings (SSSR count). The molecule has 0 radical (unpaired) electrons. The standard InChI is InChI=1S/C22H26BN7O2/c23-16-13-26-30-19(25-12-14-2-1-7-24-11-14)10-18(28-21(16)30)15-5-8-29(9-6-15)22(32)17-3-4-20(31)27-17/h1-2,7,10-11,13,15,17,25H,3-6,8-9,12,23H2,(H,27,31). The molecule has 2 aliphatic rings. The molecule has 0 bridgehead atoms. The van der Waals surface area contributed by atoms with Crippen LogP contribution in [0.15, 0.2) is 36.8 Å². The molecule has 5 heterocycles. The molecular formula is C22H26BN7O2. The van der Waals surface area contributed by atoms with Crippen molar-refractivity contribution in [1.29, 1.82) is 0 Å². The number of hydrogen-bond donors (Lipinski definition) is 2. The lowest BCUT2D eigenvalue weighted by Gasteiger charge is -2.33. The highest BCUT2D eigenvalue weighted by Crippen LogP contribution is 2.29. The second kappa shape index (κ2) is 8.60. The van der Waals surface area contributed by atoms with Crippen molar-refractivity contribution in [2.24, 2.45) is 0 Å². The number of aromatic nitrogens is 4. The van der Waals surface area contributed by atoms with E-state index in [0.29, 0.717) is 32.5 Å². The van der Waals surface area contributed by atoms with Crippen molar-refractivity contribution in [3.8, 4) is 0 Å². The average molecular weight is 431 g/mol. The maximum atomic E-state index is 12.7. The predicted octanol–water partition coefficient (Wildman–Crippen LogP) is -0.0206. The minimum atomic E-state index is -0.355. The number of nitrogens with one attached hydrogen (secondary N) is 2. The monoisotopic (exact) mass is 431 g/mol. The summed E-state index contributed by atoms with van der Waals surface area (Å²) in [7, 11) is 2.02. The molecule has 164 valence electrons. The van der Waals surface area contributed by atoms with Crippen LogP contribution in [-0.2, 0) is 16.1 Å². The van der Waals surface area contributed by atoms with Gasteiger partial charge < -0.3 is 15.5 Å². The number of pyridine rings is 1. The summed E-state index contributed by atoms with van der Waals surface area (Å²) in [5.41, 5.74) is 3.99. The zero-order valence-electron chi connectivity index (χ0n) is 18.1. The Morgan fingerprint density at radius 2 is 2.09 bits per heavy atom. The number of carbonyl (C=O) groups is 2. The van der Waals surface area contributed by atoms with Crippen LogP contribution in [0.1, 0.15) is 42.9 Å². The molecule has 0 saturated carbocycles. The topological polar surface area (TPSA) is 105 Å². The molecule has 0 aliphatic carbocycles. The Balaban J connectivity index is 1.31. The summed E-state index contributed by atoms with van der Waals surface area (Å²) in [5, 5.41) is 10.8. The average Bonchev–Trinajstić information content (AvgIpc) is 3.43. The van der Waals surface area contributed by atoms with Gasteiger partial charge in [0, 0.05) is 62.3 Å². The molecule has 9 nitrogen and oxygen atoms in total. The van der Waals surface area contributed by atoms with E-state index in [1.807, 2.05) is 41.8 Å². The van der Waals surface area contributed by atoms with Crippen molar-refractivity contribution in [2.45, 2.75) is 44.2 Å². The van der Waals surface area contributed by atoms with Gasteiger partial charge in [-0.25, -0.2) is 4.98 Å². The van der Waals surface area contributed by atoms with Crippen LogP contribution in [0.2, 0.25) is 0 Å². The second-order valence-corrected chi connectivity index (χ2v) is 8.60. The van der Waals surface area contributed by atoms with Crippen LogP contribution in [0, 0.1) is 0 Å². The van der Waals surface area contributed by atoms with E-state index < -0.39 is 0 Å². The molecule has 2 saturated heterocycles. The van der Waals surface area contributed by atoms with Gasteiger partial charge in [-0.2, -0.15) is 9.61 Å². The molecule has 0 spiro atoms. The van der Waals surface area contributed by atoms with Crippen LogP contribution in [0.5, 0.6) is 0 Å². The summed E-state index contributed by atoms with van der Waals surface area (Å²) < 4.78 is 1.84. The van der Waals surface area contributed by atoms with E-state index in [9.17, 15) is 9.59 Å². The van der Waals surface area contributed by atoms with Crippen LogP contribution >= 0.6 is 0 Å². The van der Waals surface area contributed by atoms with Crippen LogP contribution in [-0.4, -0.2) is 63.3 Å². The Hall–Kier alpha value is -3.43. The first-order chi connectivity index (χ1) is 15.6. The van der Waals surface area contributed by atoms with Gasteiger partial charge in [0.25, 0.3) is 0 Å². The van der Waals surface area contributed by atoms with E-state index in [4.69, 9.17) is 4.98 Å². The van der Waals surface area contributed by atoms with Crippen LogP contribution in [0.3, 0.4) is 0 Å². The number of nitrogens with zero attached hydrogens (tertiary/aromatic N) is 5. The summed E-state index contributed by atoms with van der Waals surface area (Å²) >= 11 is 0. The summed E-state index contributed by atoms with van der Waals surface area (Å²) in [6.45, 7) is 2.00. The quantitative estimate of drug-likeness (QED) is 0.551. The van der Waals surface area contributed by atoms with E-state index in [1.165, 1.54) is 0 Å². The number of amides is 2. The molecule has 3 aromatic heterocycles. The van der Waals surface area contributed by atoms with Gasteiger partial charge in [-0.15, -0.1) is 0 Å². The molecule has 1 atom stereocenters. The predicted molar refractivity (Wildman–Crippen MR) is 122 cm³/mol. The van der Waals surface area contributed by atoms with E-state index in [1.54, 1.807) is 6.20 Å². The molecule has 3 aromatic rings. The molecule has 32 heavy (non-hydrogen) atoms. The van der Waals surface area contributed by atoms with E-state index in [0.717, 1.165) is 41.0 Å². The maximum Gasteiger partial charge on any atom is 0.245 e. The Labute approximate surface area is 187 Å². The Morgan fingerprint density at radius 3 is 2.81 bits per heavy atom. The lowest BCUT2D eigenvalue weighted by atomic mass is 9.92. The highest BCUT2D eigenvalue weighted by Gasteiger charge is 2.33. The number of hydrogen-bond acceptors (Lipinski definition) is 6. The fourth-order valence-corrected chi connectivity index (χ4v) is 4.54. The number of fused-ring (bicyclic) bond motifs is 1. The van der Waals surface area contributed by atoms with Crippen molar-refractivity contribution in [3.05, 3.63) is 48.0 Å². The molecule has 2 fully saturated rings. The first-order valence-electron chi connectivity index (χ1n) is 11.1. The van der Waals surface area contributed by atoms with E-state index in [2.05, 4.69) is 26.8 Å². The molecule has 1 unspecified atom stereocenters. The van der Waals surface area contributed by atoms with Crippen molar-refractivity contribution in [2.75, 3.05) is 18.4 Å². The Bertz CT molecular complexity index is 1140. The minimum Gasteiger partial charge on any atom is -0.366 e. The molecule has 2 amide bonds. The molecule has 0 aromatic carbocycles. The lowest BCUT2D eigenvalue weighted by Crippen LogP contribution is -2.47. The molecule has 2 N–H and O–H groups in total. The zero-order chi connectivity index (χ0) is 22.1. The first-order valence-corrected chi connectivity index (χ1v) is 11.1. The SMILES string of the molecule is Bc1cnn2c(NCc3cccnc3)cc(C3CCN(C(=O)C4CCC(=O)N4)CC3)nc12. The lowest BCUT2D eigenvalue weighted by molar-refractivity contribution is -0.135. The van der Waals surface area contributed by atoms with Crippen molar-refractivity contribution in [3.63, 3.8) is 0 Å². The van der Waals surface area contributed by atoms with Gasteiger partial charge in [-0.3, -0.25) is 14.6 Å². The van der Waals surface area contributed by atoms with Crippen molar-refractivity contribution >= 4 is 36.6 Å². The van der Waals surface area contributed by atoms with Gasteiger partial charge in [0.05, 0.1) is 0 Å². The molecular weight excluding hydrogens is 405 g/mol. The van der Waals surface area contributed by atoms with Gasteiger partial charge in [-0.05, 0) is 36.4 Å². The van der Waals surface area contributed by atoms with E-state index >= 15 is 0 Å². The van der Waals surface area contributed by atoms with Gasteiger partial charge in [0.1, 0.15) is 19.7 Å². The maximum absolute atomic E-state index is 12.7. The zero-order valence-corrected chi connectivity index (χ0v) is 18.1. The Morgan fingerprint density at radius 1 is 1.25 bits per heavy atom. The molecule has 10 heteroatoms. The van der Waals surface area contributed by atoms with Gasteiger partial charge in [-0.1, -0.05) is 6.07 Å². The van der Waals surface area contributed by atoms with Crippen molar-refractivity contribution in [1.82, 2.24) is 29.8 Å². The summed E-state index contributed by atoms with van der Waals surface area (Å²) in [6, 6.07) is 5.68. The van der Waals surface area contributed by atoms with Crippen LogP contribution < -0.4 is 16.1 Å². The first kappa shape index (κ1) is 20.5. The second-order valence-electron chi connectivity index (χ2n) is 8.60. The highest BCUT2D eigenvalue weighted by atomic mass is 16.2. The number of likely N-dealkylation sites (tertiary alicyclic amines) is 1. The normalized spacial score (nSPS) is 19.3.